The molecule has 0 aliphatic carbocycles. The number of benzene rings is 1. The number of allylic oxidation sites excluding steroid dienone is 1. The molecule has 1 aliphatic rings. The van der Waals surface area contributed by atoms with Crippen LogP contribution in [0.1, 0.15) is 44.9 Å². The third-order valence-corrected chi connectivity index (χ3v) is 13.4. The first-order chi connectivity index (χ1) is 30.1. The van der Waals surface area contributed by atoms with E-state index in [2.05, 4.69) is 39.4 Å². The summed E-state index contributed by atoms with van der Waals surface area (Å²) in [5.74, 6) is -0.988. The van der Waals surface area contributed by atoms with Crippen LogP contribution in [-0.4, -0.2) is 119 Å². The van der Waals surface area contributed by atoms with E-state index in [1.807, 2.05) is 30.5 Å². The number of thioether (sulfide) groups is 1. The first-order valence-corrected chi connectivity index (χ1v) is 24.8. The van der Waals surface area contributed by atoms with E-state index in [4.69, 9.17) is 19.5 Å². The number of carbonyl (C=O) groups excluding carboxylic acids is 3. The summed E-state index contributed by atoms with van der Waals surface area (Å²) in [4.78, 5) is 95.4. The first kappa shape index (κ1) is 51.1. The van der Waals surface area contributed by atoms with Crippen LogP contribution >= 0.6 is 35.2 Å². The number of carbonyl (C=O) groups is 3. The average Bonchev–Trinajstić information content (AvgIpc) is 3.92. The number of ketones is 1. The Morgan fingerprint density at radius 1 is 1.08 bits per heavy atom. The number of imidazole rings is 1. The normalized spacial score (nSPS) is 20.6. The summed E-state index contributed by atoms with van der Waals surface area (Å²) >= 11 is 1.34. The molecule has 0 spiro atoms. The molecule has 25 nitrogen and oxygen atoms in total. The Balaban J connectivity index is 0.986. The Labute approximate surface area is 369 Å². The number of H-pyrrole nitrogens is 1. The minimum Gasteiger partial charge on any atom is -0.790 e. The van der Waals surface area contributed by atoms with E-state index < -0.39 is 84.6 Å². The van der Waals surface area contributed by atoms with Crippen LogP contribution in [0.3, 0.4) is 0 Å². The van der Waals surface area contributed by atoms with Crippen LogP contribution in [0.2, 0.25) is 0 Å². The van der Waals surface area contributed by atoms with Gasteiger partial charge < -0.3 is 65.0 Å². The van der Waals surface area contributed by atoms with Crippen LogP contribution in [0.15, 0.2) is 54.6 Å². The molecule has 1 aromatic carbocycles. The highest BCUT2D eigenvalue weighted by Crippen LogP contribution is 2.61. The number of ether oxygens (including phenoxy) is 1. The number of aliphatic hydroxyl groups excluding tert-OH is 2. The molecule has 1 aliphatic heterocycles. The van der Waals surface area contributed by atoms with Gasteiger partial charge in [0.2, 0.25) is 11.8 Å². The molecular weight excluding hydrogens is 929 g/mol. The first-order valence-electron chi connectivity index (χ1n) is 19.3. The van der Waals surface area contributed by atoms with Gasteiger partial charge >= 0.3 is 15.6 Å². The summed E-state index contributed by atoms with van der Waals surface area (Å²) in [7, 11) is -17.0. The lowest BCUT2D eigenvalue weighted by Crippen LogP contribution is -2.46. The lowest BCUT2D eigenvalue weighted by molar-refractivity contribution is -0.347. The van der Waals surface area contributed by atoms with Crippen LogP contribution in [0.5, 0.6) is 0 Å². The number of rotatable bonds is 25. The maximum Gasteiger partial charge on any atom is 0.481 e. The lowest BCUT2D eigenvalue weighted by Gasteiger charge is -2.34. The number of hydrogen-bond acceptors (Lipinski definition) is 20. The Morgan fingerprint density at radius 2 is 1.81 bits per heavy atom. The van der Waals surface area contributed by atoms with Crippen molar-refractivity contribution in [3.05, 3.63) is 60.2 Å². The molecule has 0 radical (unpaired) electrons. The molecule has 5 rings (SSSR count). The second kappa shape index (κ2) is 22.0. The number of phosphoric acid groups is 3. The van der Waals surface area contributed by atoms with Crippen LogP contribution in [0.25, 0.3) is 22.1 Å². The van der Waals surface area contributed by atoms with Gasteiger partial charge in [-0.25, -0.2) is 24.1 Å². The number of anilines is 1. The van der Waals surface area contributed by atoms with Gasteiger partial charge in [0, 0.05) is 54.2 Å². The van der Waals surface area contributed by atoms with Crippen molar-refractivity contribution in [2.45, 2.75) is 70.2 Å². The number of aliphatic hydroxyl groups is 2. The second-order valence-corrected chi connectivity index (χ2v) is 20.0. The number of para-hydroxylation sites is 1. The highest BCUT2D eigenvalue weighted by molar-refractivity contribution is 8.02. The fraction of sp³-hybridized carbons (Fsp3) is 0.486. The molecule has 0 saturated carbocycles. The van der Waals surface area contributed by atoms with Crippen LogP contribution in [0.4, 0.5) is 5.82 Å². The smallest absolute Gasteiger partial charge is 0.481 e. The minimum atomic E-state index is -5.83. The van der Waals surface area contributed by atoms with Crippen molar-refractivity contribution in [1.82, 2.24) is 35.1 Å². The number of nitrogens with zero attached hydrogens (tertiary/aromatic N) is 4. The average molecular weight is 977 g/mol. The van der Waals surface area contributed by atoms with Crippen LogP contribution in [0, 0.1) is 5.41 Å². The lowest BCUT2D eigenvalue weighted by atomic mass is 9.87. The predicted molar refractivity (Wildman–Crippen MR) is 223 cm³/mol. The van der Waals surface area contributed by atoms with Crippen molar-refractivity contribution in [2.75, 3.05) is 37.8 Å². The number of amides is 2. The predicted octanol–water partition coefficient (Wildman–Crippen LogP) is 0.461. The zero-order valence-corrected chi connectivity index (χ0v) is 37.7. The van der Waals surface area contributed by atoms with Gasteiger partial charge in [0.1, 0.15) is 36.3 Å². The summed E-state index contributed by atoms with van der Waals surface area (Å²) < 4.78 is 61.7. The number of aromatic nitrogens is 5. The molecule has 4 heterocycles. The molecule has 352 valence electrons. The van der Waals surface area contributed by atoms with E-state index in [1.54, 1.807) is 5.41 Å². The van der Waals surface area contributed by atoms with Crippen molar-refractivity contribution in [1.29, 1.82) is 0 Å². The van der Waals surface area contributed by atoms with E-state index in [0.29, 0.717) is 18.6 Å². The fourth-order valence-electron chi connectivity index (χ4n) is 6.25. The Kier molecular flexibility index (Phi) is 17.6. The number of nitrogens with two attached hydrogens (primary N) is 1. The van der Waals surface area contributed by atoms with Gasteiger partial charge in [-0.15, -0.1) is 11.8 Å². The standard InChI is InChI=1S/C35H49N8O17P3S/c1-35(2,30(47)33(48)38-12-10-26(45)37-13-15-64-14-11-22(44)7-5-6-21-16-39-24-9-4-3-8-23(21)24)18-57-63(54,55)60-62(52,53)56-17-25-29(59-61(49,50)51)28(46)34(58-25)43-20-42-27-31(36)40-19-41-32(27)43/h3-4,8-9,11,14,16,19-20,25,28-30,34,39,46-47H,5-7,10,12-13,15,17-18H2,1-2H3,(H,37,45)(H,38,48)(H,52,53)(H,54,55)(H2,36,40,41)(H2,49,50,51)/p-2/b14-11-. The minimum absolute atomic E-state index is 0.00138. The van der Waals surface area contributed by atoms with E-state index in [0.717, 1.165) is 40.1 Å². The molecule has 7 unspecified atom stereocenters. The maximum atomic E-state index is 12.7. The highest BCUT2D eigenvalue weighted by Gasteiger charge is 2.48. The fourth-order valence-corrected chi connectivity index (χ4v) is 9.66. The van der Waals surface area contributed by atoms with Crippen molar-refractivity contribution in [3.8, 4) is 0 Å². The van der Waals surface area contributed by atoms with E-state index >= 15 is 0 Å². The molecule has 9 N–H and O–H groups in total. The number of fused-ring (bicyclic) bond motifs is 2. The van der Waals surface area contributed by atoms with Gasteiger partial charge in [-0.05, 0) is 36.0 Å². The molecule has 4 aromatic rings. The molecule has 1 saturated heterocycles. The highest BCUT2D eigenvalue weighted by atomic mass is 32.2. The van der Waals surface area contributed by atoms with Gasteiger partial charge in [0.25, 0.3) is 0 Å². The van der Waals surface area contributed by atoms with Gasteiger partial charge in [-0.3, -0.25) is 28.0 Å². The molecule has 29 heteroatoms. The summed E-state index contributed by atoms with van der Waals surface area (Å²) in [6, 6.07) is 7.96. The van der Waals surface area contributed by atoms with E-state index in [1.165, 1.54) is 31.7 Å². The van der Waals surface area contributed by atoms with Crippen molar-refractivity contribution >= 4 is 80.7 Å². The second-order valence-electron chi connectivity index (χ2n) is 14.9. The summed E-state index contributed by atoms with van der Waals surface area (Å²) in [5, 5.41) is 29.3. The molecule has 64 heavy (non-hydrogen) atoms. The van der Waals surface area contributed by atoms with Gasteiger partial charge in [0.15, 0.2) is 23.5 Å². The van der Waals surface area contributed by atoms with E-state index in [-0.39, 0.29) is 42.3 Å². The Bertz CT molecular complexity index is 2450. The van der Waals surface area contributed by atoms with Crippen molar-refractivity contribution in [3.63, 3.8) is 0 Å². The molecular formula is C35H47N8O17P3S-2. The number of hydrogen-bond donors (Lipinski definition) is 8. The Morgan fingerprint density at radius 3 is 2.56 bits per heavy atom. The number of nitrogen functional groups attached to an aromatic ring is 1. The van der Waals surface area contributed by atoms with E-state index in [9.17, 15) is 57.9 Å². The SMILES string of the molecule is CC(C)(COP(=O)(O)OP(=O)(O)OCC1OC(n2cnc3c(N)ncnc32)C(O)C1OP(=O)([O-])[O-])C(O)C(=O)NCCC(=O)NCCS/C=C\C(=O)CCCc1c[nH]c2ccccc12. The topological polar surface area (TPSA) is 385 Å². The maximum absolute atomic E-state index is 12.7. The largest absolute Gasteiger partial charge is 0.790 e. The summed E-state index contributed by atoms with van der Waals surface area (Å²) in [5.41, 5.74) is 6.40. The number of nitrogens with one attached hydrogen (secondary N) is 3. The van der Waals surface area contributed by atoms with Crippen LogP contribution < -0.4 is 26.2 Å². The van der Waals surface area contributed by atoms with Crippen LogP contribution in [-0.2, 0) is 57.1 Å². The van der Waals surface area contributed by atoms with Gasteiger partial charge in [-0.2, -0.15) is 4.31 Å². The number of phosphoric ester groups is 3. The van der Waals surface area contributed by atoms with Crippen molar-refractivity contribution in [2.24, 2.45) is 5.41 Å². The number of aromatic amines is 1. The Hall–Kier alpha value is -3.94. The molecule has 7 atom stereocenters. The van der Waals surface area contributed by atoms with Gasteiger partial charge in [0.05, 0.1) is 27.4 Å². The van der Waals surface area contributed by atoms with Gasteiger partial charge in [-0.1, -0.05) is 32.0 Å². The monoisotopic (exact) mass is 976 g/mol. The molecule has 2 amide bonds. The van der Waals surface area contributed by atoms with Crippen molar-refractivity contribution < 1.29 is 80.5 Å². The summed E-state index contributed by atoms with van der Waals surface area (Å²) in [6.45, 7) is 0.487. The third kappa shape index (κ3) is 14.5. The molecule has 1 fully saturated rings. The quantitative estimate of drug-likeness (QED) is 0.0254. The molecule has 3 aromatic heterocycles. The summed E-state index contributed by atoms with van der Waals surface area (Å²) in [6.07, 6.45) is -1.99. The number of aryl methyl sites for hydroxylation is 1. The third-order valence-electron chi connectivity index (χ3n) is 9.51. The zero-order valence-electron chi connectivity index (χ0n) is 34.2. The zero-order chi connectivity index (χ0) is 46.9. The molecule has 0 bridgehead atoms.